The van der Waals surface area contributed by atoms with Crippen LogP contribution in [0, 0.1) is 24.2 Å². The molecule has 112 valence electrons. The van der Waals surface area contributed by atoms with Gasteiger partial charge in [0.15, 0.2) is 0 Å². The molecule has 1 fully saturated rings. The highest BCUT2D eigenvalue weighted by molar-refractivity contribution is 5.97. The number of rotatable bonds is 4. The van der Waals surface area contributed by atoms with Crippen LogP contribution in [0.5, 0.6) is 0 Å². The molecule has 0 heterocycles. The Morgan fingerprint density at radius 3 is 2.76 bits per heavy atom. The molecule has 1 aromatic rings. The lowest BCUT2D eigenvalue weighted by Gasteiger charge is -2.41. The van der Waals surface area contributed by atoms with Gasteiger partial charge in [0.05, 0.1) is 5.56 Å². The Morgan fingerprint density at radius 2 is 2.19 bits per heavy atom. The number of amides is 1. The topological polar surface area (TPSA) is 49.3 Å². The van der Waals surface area contributed by atoms with Gasteiger partial charge in [-0.05, 0) is 43.7 Å². The second-order valence-electron chi connectivity index (χ2n) is 5.90. The number of benzene rings is 1. The van der Waals surface area contributed by atoms with E-state index in [1.807, 2.05) is 25.1 Å². The van der Waals surface area contributed by atoms with Crippen molar-refractivity contribution in [3.63, 3.8) is 0 Å². The van der Waals surface area contributed by atoms with E-state index in [9.17, 15) is 4.79 Å². The first kappa shape index (κ1) is 15.6. The quantitative estimate of drug-likeness (QED) is 0.836. The average molecular weight is 285 g/mol. The largest absolute Gasteiger partial charge is 0.384 e. The predicted octanol–water partition coefficient (Wildman–Crippen LogP) is 2.65. The van der Waals surface area contributed by atoms with Crippen LogP contribution in [0.25, 0.3) is 0 Å². The van der Waals surface area contributed by atoms with Crippen molar-refractivity contribution in [1.82, 2.24) is 5.32 Å². The number of nitrogens with one attached hydrogen (secondary N) is 1. The molecule has 3 heteroatoms. The first-order valence-corrected chi connectivity index (χ1v) is 7.59. The molecule has 2 rings (SSSR count). The fourth-order valence-electron chi connectivity index (χ4n) is 2.78. The minimum Gasteiger partial charge on any atom is -0.384 e. The molecule has 21 heavy (non-hydrogen) atoms. The second-order valence-corrected chi connectivity index (χ2v) is 5.90. The lowest BCUT2D eigenvalue weighted by Crippen LogP contribution is -2.41. The van der Waals surface area contributed by atoms with Crippen molar-refractivity contribution >= 4 is 5.91 Å². The third-order valence-electron chi connectivity index (χ3n) is 4.51. The zero-order valence-electron chi connectivity index (χ0n) is 12.8. The molecule has 0 radical (unpaired) electrons. The molecule has 0 saturated heterocycles. The first-order valence-electron chi connectivity index (χ1n) is 7.59. The Morgan fingerprint density at radius 1 is 1.43 bits per heavy atom. The fraction of sp³-hybridized carbons (Fsp3) is 0.500. The van der Waals surface area contributed by atoms with Crippen LogP contribution in [0.3, 0.4) is 0 Å². The van der Waals surface area contributed by atoms with Gasteiger partial charge in [0.2, 0.25) is 0 Å². The zero-order valence-corrected chi connectivity index (χ0v) is 12.8. The van der Waals surface area contributed by atoms with Crippen LogP contribution in [0.1, 0.15) is 54.1 Å². The summed E-state index contributed by atoms with van der Waals surface area (Å²) in [5.41, 5.74) is 2.60. The van der Waals surface area contributed by atoms with Crippen LogP contribution in [-0.2, 0) is 0 Å². The summed E-state index contributed by atoms with van der Waals surface area (Å²) in [6.07, 6.45) is 4.78. The maximum atomic E-state index is 12.4. The average Bonchev–Trinajstić information content (AvgIpc) is 2.45. The number of hydrogen-bond acceptors (Lipinski definition) is 2. The van der Waals surface area contributed by atoms with Gasteiger partial charge in [0.25, 0.3) is 5.91 Å². The molecular formula is C18H23NO2. The summed E-state index contributed by atoms with van der Waals surface area (Å²) in [4.78, 5) is 12.4. The lowest BCUT2D eigenvalue weighted by molar-refractivity contribution is 0.0850. The summed E-state index contributed by atoms with van der Waals surface area (Å²) in [7, 11) is 0. The first-order chi connectivity index (χ1) is 10.1. The highest BCUT2D eigenvalue weighted by atomic mass is 16.2. The van der Waals surface area contributed by atoms with Gasteiger partial charge < -0.3 is 10.4 Å². The highest BCUT2D eigenvalue weighted by Gasteiger charge is 2.35. The minimum absolute atomic E-state index is 0.0688. The number of aliphatic hydroxyl groups is 1. The van der Waals surface area contributed by atoms with E-state index in [1.165, 1.54) is 19.3 Å². The molecule has 0 spiro atoms. The molecule has 0 atom stereocenters. The predicted molar refractivity (Wildman–Crippen MR) is 84.1 cm³/mol. The van der Waals surface area contributed by atoms with E-state index in [0.29, 0.717) is 16.5 Å². The van der Waals surface area contributed by atoms with Crippen molar-refractivity contribution in [3.05, 3.63) is 34.9 Å². The van der Waals surface area contributed by atoms with Gasteiger partial charge in [-0.1, -0.05) is 36.8 Å². The smallest absolute Gasteiger partial charge is 0.252 e. The van der Waals surface area contributed by atoms with E-state index in [0.717, 1.165) is 18.5 Å². The molecule has 3 nitrogen and oxygen atoms in total. The highest BCUT2D eigenvalue weighted by Crippen LogP contribution is 2.43. The molecule has 1 aromatic carbocycles. The van der Waals surface area contributed by atoms with Gasteiger partial charge in [-0.3, -0.25) is 4.79 Å². The molecular weight excluding hydrogens is 262 g/mol. The maximum absolute atomic E-state index is 12.4. The molecule has 1 saturated carbocycles. The molecule has 2 N–H and O–H groups in total. The van der Waals surface area contributed by atoms with Crippen molar-refractivity contribution in [2.75, 3.05) is 13.2 Å². The van der Waals surface area contributed by atoms with E-state index in [1.54, 1.807) is 0 Å². The molecule has 1 amide bonds. The standard InChI is InChI=1S/C18H23NO2/c1-3-18(9-5-10-18)13-19-17(21)16-12-14(2)7-8-15(16)6-4-11-20/h7-8,12,20H,3,5,9-11,13H2,1-2H3,(H,19,21). The van der Waals surface area contributed by atoms with Gasteiger partial charge >= 0.3 is 0 Å². The summed E-state index contributed by atoms with van der Waals surface area (Å²) in [6.45, 7) is 4.69. The fourth-order valence-corrected chi connectivity index (χ4v) is 2.78. The minimum atomic E-state index is -0.201. The Kier molecular flexibility index (Phi) is 5.03. The summed E-state index contributed by atoms with van der Waals surface area (Å²) in [5, 5.41) is 11.9. The monoisotopic (exact) mass is 285 g/mol. The van der Waals surface area contributed by atoms with Crippen LogP contribution in [-0.4, -0.2) is 24.2 Å². The third-order valence-corrected chi connectivity index (χ3v) is 4.51. The van der Waals surface area contributed by atoms with Crippen molar-refractivity contribution in [3.8, 4) is 11.8 Å². The summed E-state index contributed by atoms with van der Waals surface area (Å²) in [5.74, 6) is 5.39. The Labute approximate surface area is 126 Å². The zero-order chi connectivity index (χ0) is 15.3. The SMILES string of the molecule is CCC1(CNC(=O)c2cc(C)ccc2C#CCO)CCC1. The number of carbonyl (C=O) groups excluding carboxylic acids is 1. The normalized spacial score (nSPS) is 15.6. The van der Waals surface area contributed by atoms with Crippen molar-refractivity contribution in [2.24, 2.45) is 5.41 Å². The molecule has 0 unspecified atom stereocenters. The van der Waals surface area contributed by atoms with E-state index in [4.69, 9.17) is 5.11 Å². The van der Waals surface area contributed by atoms with Crippen molar-refractivity contribution in [2.45, 2.75) is 39.5 Å². The number of carbonyl (C=O) groups is 1. The van der Waals surface area contributed by atoms with E-state index in [2.05, 4.69) is 24.1 Å². The van der Waals surface area contributed by atoms with Crippen molar-refractivity contribution in [1.29, 1.82) is 0 Å². The maximum Gasteiger partial charge on any atom is 0.252 e. The van der Waals surface area contributed by atoms with Gasteiger partial charge in [-0.2, -0.15) is 0 Å². The molecule has 0 aromatic heterocycles. The van der Waals surface area contributed by atoms with E-state index in [-0.39, 0.29) is 12.5 Å². The molecule has 0 bridgehead atoms. The second kappa shape index (κ2) is 6.78. The van der Waals surface area contributed by atoms with Crippen LogP contribution in [0.15, 0.2) is 18.2 Å². The molecule has 1 aliphatic rings. The Hall–Kier alpha value is -1.79. The van der Waals surface area contributed by atoms with Gasteiger partial charge in [0.1, 0.15) is 6.61 Å². The van der Waals surface area contributed by atoms with Crippen LogP contribution < -0.4 is 5.32 Å². The number of aliphatic hydroxyl groups excluding tert-OH is 1. The number of hydrogen-bond donors (Lipinski definition) is 2. The van der Waals surface area contributed by atoms with Gasteiger partial charge in [-0.15, -0.1) is 0 Å². The van der Waals surface area contributed by atoms with Gasteiger partial charge in [0, 0.05) is 12.1 Å². The van der Waals surface area contributed by atoms with E-state index >= 15 is 0 Å². The molecule has 0 aliphatic heterocycles. The van der Waals surface area contributed by atoms with Crippen LogP contribution >= 0.6 is 0 Å². The van der Waals surface area contributed by atoms with Crippen molar-refractivity contribution < 1.29 is 9.90 Å². The number of aryl methyl sites for hydroxylation is 1. The van der Waals surface area contributed by atoms with Crippen LogP contribution in [0.4, 0.5) is 0 Å². The summed E-state index contributed by atoms with van der Waals surface area (Å²) < 4.78 is 0. The summed E-state index contributed by atoms with van der Waals surface area (Å²) in [6, 6.07) is 5.62. The van der Waals surface area contributed by atoms with Gasteiger partial charge in [-0.25, -0.2) is 0 Å². The Balaban J connectivity index is 2.12. The Bertz CT molecular complexity index is 571. The third kappa shape index (κ3) is 3.65. The van der Waals surface area contributed by atoms with Crippen LogP contribution in [0.2, 0.25) is 0 Å². The van der Waals surface area contributed by atoms with E-state index < -0.39 is 0 Å². The molecule has 1 aliphatic carbocycles. The lowest BCUT2D eigenvalue weighted by atomic mass is 9.67. The summed E-state index contributed by atoms with van der Waals surface area (Å²) >= 11 is 0.